The van der Waals surface area contributed by atoms with Crippen LogP contribution in [0.2, 0.25) is 0 Å². The van der Waals surface area contributed by atoms with Gasteiger partial charge in [0.05, 0.1) is 17.5 Å². The number of hydrogen-bond acceptors (Lipinski definition) is 5. The highest BCUT2D eigenvalue weighted by Crippen LogP contribution is 2.46. The van der Waals surface area contributed by atoms with Gasteiger partial charge in [-0.2, -0.15) is 5.10 Å². The predicted molar refractivity (Wildman–Crippen MR) is 113 cm³/mol. The molecule has 32 heavy (non-hydrogen) atoms. The van der Waals surface area contributed by atoms with E-state index in [1.54, 1.807) is 10.7 Å². The van der Waals surface area contributed by atoms with E-state index in [2.05, 4.69) is 27.5 Å². The Balaban J connectivity index is 1.75. The number of nitrogens with zero attached hydrogens (tertiary/aromatic N) is 4. The molecule has 0 radical (unpaired) electrons. The van der Waals surface area contributed by atoms with Crippen molar-refractivity contribution in [2.24, 2.45) is 5.92 Å². The van der Waals surface area contributed by atoms with Crippen LogP contribution in [-0.4, -0.2) is 44.7 Å². The van der Waals surface area contributed by atoms with Gasteiger partial charge >= 0.3 is 0 Å². The molecule has 3 aromatic rings. The van der Waals surface area contributed by atoms with Crippen LogP contribution in [0.25, 0.3) is 22.3 Å². The van der Waals surface area contributed by atoms with Gasteiger partial charge in [0, 0.05) is 17.4 Å². The summed E-state index contributed by atoms with van der Waals surface area (Å²) in [5, 5.41) is 11.3. The van der Waals surface area contributed by atoms with Gasteiger partial charge in [-0.3, -0.25) is 9.48 Å². The fourth-order valence-corrected chi connectivity index (χ4v) is 4.82. The number of halogens is 3. The van der Waals surface area contributed by atoms with E-state index in [1.807, 2.05) is 0 Å². The quantitative estimate of drug-likeness (QED) is 0.641. The van der Waals surface area contributed by atoms with Gasteiger partial charge in [0.15, 0.2) is 0 Å². The van der Waals surface area contributed by atoms with Crippen molar-refractivity contribution in [2.45, 2.75) is 44.6 Å². The van der Waals surface area contributed by atoms with Crippen molar-refractivity contribution in [1.82, 2.24) is 25.1 Å². The summed E-state index contributed by atoms with van der Waals surface area (Å²) in [4.78, 5) is 20.4. The molecule has 5 rings (SSSR count). The first-order valence-corrected chi connectivity index (χ1v) is 10.7. The molecule has 0 aliphatic carbocycles. The molecule has 1 amide bonds. The lowest BCUT2D eigenvalue weighted by Gasteiger charge is -2.30. The third-order valence-electron chi connectivity index (χ3n) is 6.44. The molecule has 0 bridgehead atoms. The molecule has 2 aliphatic rings. The van der Waals surface area contributed by atoms with Crippen LogP contribution in [0.4, 0.5) is 19.0 Å². The van der Waals surface area contributed by atoms with Crippen molar-refractivity contribution >= 4 is 22.6 Å². The summed E-state index contributed by atoms with van der Waals surface area (Å²) in [5.74, 6) is -5.16. The number of piperidine rings is 1. The van der Waals surface area contributed by atoms with Crippen LogP contribution in [0.3, 0.4) is 0 Å². The Hall–Kier alpha value is -3.01. The Morgan fingerprint density at radius 2 is 2.03 bits per heavy atom. The summed E-state index contributed by atoms with van der Waals surface area (Å²) in [6.45, 7) is 4.49. The van der Waals surface area contributed by atoms with Gasteiger partial charge in [-0.15, -0.1) is 0 Å². The number of carbonyl (C=O) groups is 1. The molecular weight excluding hydrogens is 421 g/mol. The number of benzene rings is 1. The number of alkyl halides is 2. The molecule has 0 saturated carbocycles. The molecule has 1 fully saturated rings. The second kappa shape index (κ2) is 7.54. The van der Waals surface area contributed by atoms with Crippen LogP contribution in [0.15, 0.2) is 24.5 Å². The first-order valence-electron chi connectivity index (χ1n) is 10.7. The highest BCUT2D eigenvalue weighted by atomic mass is 19.3. The molecule has 1 aromatic carbocycles. The molecule has 0 unspecified atom stereocenters. The van der Waals surface area contributed by atoms with E-state index in [0.29, 0.717) is 16.6 Å². The Morgan fingerprint density at radius 1 is 1.22 bits per heavy atom. The monoisotopic (exact) mass is 444 g/mol. The van der Waals surface area contributed by atoms with E-state index < -0.39 is 23.6 Å². The van der Waals surface area contributed by atoms with E-state index in [0.717, 1.165) is 26.4 Å². The third-order valence-corrected chi connectivity index (χ3v) is 6.44. The van der Waals surface area contributed by atoms with Crippen molar-refractivity contribution in [3.05, 3.63) is 35.9 Å². The van der Waals surface area contributed by atoms with Gasteiger partial charge in [-0.1, -0.05) is 6.92 Å². The molecule has 7 nitrogen and oxygen atoms in total. The van der Waals surface area contributed by atoms with Crippen LogP contribution in [0.1, 0.15) is 44.2 Å². The third kappa shape index (κ3) is 3.42. The number of nitrogens with one attached hydrogen (secondary N) is 2. The second-order valence-corrected chi connectivity index (χ2v) is 8.74. The SMILES string of the molecule is C[C@@H]1CNCC[C@@H]1n1nc(-c2ncnc3c2[C@@H](C(C)(F)F)CC(=O)N3)c2ccc(F)cc21. The minimum Gasteiger partial charge on any atom is -0.316 e. The lowest BCUT2D eigenvalue weighted by Crippen LogP contribution is -2.36. The standard InChI is InChI=1S/C22H23F3N6O/c1-11-9-26-6-5-15(11)31-16-7-12(23)3-4-13(16)19(30-31)20-18-14(22(2,24)25)8-17(32)29-21(18)28-10-27-20/h3-4,7,10-11,14-15,26H,5-6,8-9H2,1-2H3,(H,27,28,29,32)/t11-,14+,15+/m1/s1. The summed E-state index contributed by atoms with van der Waals surface area (Å²) < 4.78 is 45.1. The Kier molecular flexibility index (Phi) is 4.92. The smallest absolute Gasteiger partial charge is 0.252 e. The number of hydrogen-bond donors (Lipinski definition) is 2. The molecule has 1 saturated heterocycles. The van der Waals surface area contributed by atoms with Crippen LogP contribution >= 0.6 is 0 Å². The summed E-state index contributed by atoms with van der Waals surface area (Å²) in [7, 11) is 0. The van der Waals surface area contributed by atoms with E-state index in [9.17, 15) is 18.0 Å². The Morgan fingerprint density at radius 3 is 2.78 bits per heavy atom. The zero-order chi connectivity index (χ0) is 22.6. The zero-order valence-electron chi connectivity index (χ0n) is 17.7. The Bertz CT molecular complexity index is 1200. The minimum absolute atomic E-state index is 0.0232. The lowest BCUT2D eigenvalue weighted by atomic mass is 9.85. The van der Waals surface area contributed by atoms with Crippen molar-refractivity contribution in [1.29, 1.82) is 0 Å². The van der Waals surface area contributed by atoms with Gasteiger partial charge in [0.1, 0.15) is 29.4 Å². The molecule has 2 aromatic heterocycles. The number of amides is 1. The van der Waals surface area contributed by atoms with Crippen molar-refractivity contribution < 1.29 is 18.0 Å². The van der Waals surface area contributed by atoms with E-state index >= 15 is 0 Å². The fourth-order valence-electron chi connectivity index (χ4n) is 4.82. The molecule has 2 N–H and O–H groups in total. The Labute approximate surface area is 182 Å². The number of anilines is 1. The maximum atomic E-state index is 14.6. The van der Waals surface area contributed by atoms with Crippen LogP contribution in [0, 0.1) is 11.7 Å². The topological polar surface area (TPSA) is 84.7 Å². The highest BCUT2D eigenvalue weighted by molar-refractivity contribution is 5.98. The summed E-state index contributed by atoms with van der Waals surface area (Å²) in [6, 6.07) is 4.37. The molecule has 10 heteroatoms. The molecule has 2 aliphatic heterocycles. The average Bonchev–Trinajstić information content (AvgIpc) is 3.10. The normalized spacial score (nSPS) is 23.8. The van der Waals surface area contributed by atoms with Gasteiger partial charge in [-0.25, -0.2) is 23.1 Å². The largest absolute Gasteiger partial charge is 0.316 e. The fraction of sp³-hybridized carbons (Fsp3) is 0.455. The zero-order valence-corrected chi connectivity index (χ0v) is 17.7. The first-order chi connectivity index (χ1) is 15.2. The molecule has 0 spiro atoms. The van der Waals surface area contributed by atoms with Crippen LogP contribution in [0.5, 0.6) is 0 Å². The van der Waals surface area contributed by atoms with Crippen LogP contribution < -0.4 is 10.6 Å². The maximum Gasteiger partial charge on any atom is 0.252 e. The number of carbonyl (C=O) groups excluding carboxylic acids is 1. The highest BCUT2D eigenvalue weighted by Gasteiger charge is 2.44. The van der Waals surface area contributed by atoms with Gasteiger partial charge in [0.2, 0.25) is 5.91 Å². The predicted octanol–water partition coefficient (Wildman–Crippen LogP) is 3.88. The first kappa shape index (κ1) is 20.9. The summed E-state index contributed by atoms with van der Waals surface area (Å²) in [5.41, 5.74) is 1.37. The van der Waals surface area contributed by atoms with Crippen LogP contribution in [-0.2, 0) is 4.79 Å². The molecule has 168 valence electrons. The van der Waals surface area contributed by atoms with Gasteiger partial charge in [-0.05, 0) is 50.6 Å². The maximum absolute atomic E-state index is 14.6. The van der Waals surface area contributed by atoms with E-state index in [-0.39, 0.29) is 35.5 Å². The molecule has 4 heterocycles. The lowest BCUT2D eigenvalue weighted by molar-refractivity contribution is -0.119. The average molecular weight is 444 g/mol. The number of aromatic nitrogens is 4. The van der Waals surface area contributed by atoms with Crippen molar-refractivity contribution in [3.63, 3.8) is 0 Å². The summed E-state index contributed by atoms with van der Waals surface area (Å²) >= 11 is 0. The minimum atomic E-state index is -3.17. The van der Waals surface area contributed by atoms with E-state index in [4.69, 9.17) is 5.10 Å². The van der Waals surface area contributed by atoms with Crippen molar-refractivity contribution in [2.75, 3.05) is 18.4 Å². The molecule has 3 atom stereocenters. The number of fused-ring (bicyclic) bond motifs is 2. The van der Waals surface area contributed by atoms with Gasteiger partial charge in [0.25, 0.3) is 5.92 Å². The number of rotatable bonds is 3. The molecular formula is C22H23F3N6O. The van der Waals surface area contributed by atoms with E-state index in [1.165, 1.54) is 18.5 Å². The van der Waals surface area contributed by atoms with Gasteiger partial charge < -0.3 is 10.6 Å². The van der Waals surface area contributed by atoms with Crippen molar-refractivity contribution in [3.8, 4) is 11.4 Å². The summed E-state index contributed by atoms with van der Waals surface area (Å²) in [6.07, 6.45) is 1.66. The second-order valence-electron chi connectivity index (χ2n) is 8.74.